The van der Waals surface area contributed by atoms with Crippen molar-refractivity contribution in [1.29, 1.82) is 0 Å². The quantitative estimate of drug-likeness (QED) is 0.839. The summed E-state index contributed by atoms with van der Waals surface area (Å²) in [5.74, 6) is -0.0773. The number of nitrogens with zero attached hydrogens (tertiary/aromatic N) is 1. The van der Waals surface area contributed by atoms with Gasteiger partial charge in [0.2, 0.25) is 0 Å². The summed E-state index contributed by atoms with van der Waals surface area (Å²) in [7, 11) is 0. The summed E-state index contributed by atoms with van der Waals surface area (Å²) in [6, 6.07) is 5.49. The molecular weight excluding hydrogens is 203 g/mol. The van der Waals surface area contributed by atoms with Gasteiger partial charge in [-0.05, 0) is 23.6 Å². The summed E-state index contributed by atoms with van der Waals surface area (Å²) in [4.78, 5) is 2.41. The topological polar surface area (TPSA) is 15.3 Å². The zero-order chi connectivity index (χ0) is 11.4. The predicted octanol–water partition coefficient (Wildman–Crippen LogP) is 1.79. The van der Waals surface area contributed by atoms with Crippen LogP contribution in [0.4, 0.5) is 4.39 Å². The fourth-order valence-electron chi connectivity index (χ4n) is 2.12. The molecule has 1 aromatic carbocycles. The number of nitrogens with one attached hydrogen (secondary N) is 1. The zero-order valence-corrected chi connectivity index (χ0v) is 9.80. The molecular formula is C13H19FN2. The second kappa shape index (κ2) is 5.41. The Labute approximate surface area is 96.5 Å². The van der Waals surface area contributed by atoms with Crippen LogP contribution in [-0.2, 0) is 13.0 Å². The Morgan fingerprint density at radius 1 is 1.31 bits per heavy atom. The van der Waals surface area contributed by atoms with Gasteiger partial charge in [0.05, 0.1) is 0 Å². The van der Waals surface area contributed by atoms with E-state index in [2.05, 4.69) is 10.2 Å². The van der Waals surface area contributed by atoms with Gasteiger partial charge in [0.1, 0.15) is 5.82 Å². The number of hydrogen-bond acceptors (Lipinski definition) is 2. The number of piperazine rings is 1. The van der Waals surface area contributed by atoms with Gasteiger partial charge in [0.25, 0.3) is 0 Å². The summed E-state index contributed by atoms with van der Waals surface area (Å²) in [5, 5.41) is 3.33. The number of aryl methyl sites for hydroxylation is 1. The van der Waals surface area contributed by atoms with Crippen molar-refractivity contribution in [2.24, 2.45) is 0 Å². The molecule has 0 bridgehead atoms. The van der Waals surface area contributed by atoms with Crippen LogP contribution >= 0.6 is 0 Å². The van der Waals surface area contributed by atoms with Crippen LogP contribution in [0.1, 0.15) is 18.1 Å². The SMILES string of the molecule is CCc1cc(CN2CCNCC2)ccc1F. The van der Waals surface area contributed by atoms with E-state index in [0.29, 0.717) is 0 Å². The van der Waals surface area contributed by atoms with E-state index in [0.717, 1.165) is 44.7 Å². The molecule has 1 aliphatic rings. The standard InChI is InChI=1S/C13H19FN2/c1-2-12-9-11(3-4-13(12)14)10-16-7-5-15-6-8-16/h3-4,9,15H,2,5-8,10H2,1H3. The van der Waals surface area contributed by atoms with Gasteiger partial charge in [-0.15, -0.1) is 0 Å². The molecule has 0 aromatic heterocycles. The lowest BCUT2D eigenvalue weighted by atomic mass is 10.1. The van der Waals surface area contributed by atoms with Crippen molar-refractivity contribution >= 4 is 0 Å². The smallest absolute Gasteiger partial charge is 0.126 e. The fourth-order valence-corrected chi connectivity index (χ4v) is 2.12. The van der Waals surface area contributed by atoms with E-state index in [4.69, 9.17) is 0 Å². The second-order valence-electron chi connectivity index (χ2n) is 4.31. The van der Waals surface area contributed by atoms with E-state index in [1.807, 2.05) is 19.1 Å². The summed E-state index contributed by atoms with van der Waals surface area (Å²) in [6.45, 7) is 7.21. The van der Waals surface area contributed by atoms with Gasteiger partial charge in [-0.1, -0.05) is 19.1 Å². The highest BCUT2D eigenvalue weighted by Crippen LogP contribution is 2.13. The van der Waals surface area contributed by atoms with Gasteiger partial charge < -0.3 is 5.32 Å². The van der Waals surface area contributed by atoms with Crippen LogP contribution in [-0.4, -0.2) is 31.1 Å². The molecule has 1 saturated heterocycles. The lowest BCUT2D eigenvalue weighted by Gasteiger charge is -2.27. The highest BCUT2D eigenvalue weighted by Gasteiger charge is 2.10. The van der Waals surface area contributed by atoms with E-state index in [1.54, 1.807) is 6.07 Å². The van der Waals surface area contributed by atoms with Gasteiger partial charge in [-0.3, -0.25) is 4.90 Å². The summed E-state index contributed by atoms with van der Waals surface area (Å²) >= 11 is 0. The Bertz CT molecular complexity index is 346. The summed E-state index contributed by atoms with van der Waals surface area (Å²) in [5.41, 5.74) is 2.05. The molecule has 2 rings (SSSR count). The summed E-state index contributed by atoms with van der Waals surface area (Å²) in [6.07, 6.45) is 0.765. The molecule has 0 saturated carbocycles. The Kier molecular flexibility index (Phi) is 3.91. The van der Waals surface area contributed by atoms with Crippen molar-refractivity contribution in [3.8, 4) is 0 Å². The molecule has 0 unspecified atom stereocenters. The first-order valence-corrected chi connectivity index (χ1v) is 6.00. The molecule has 2 nitrogen and oxygen atoms in total. The molecule has 0 aliphatic carbocycles. The molecule has 16 heavy (non-hydrogen) atoms. The first-order valence-electron chi connectivity index (χ1n) is 6.00. The van der Waals surface area contributed by atoms with Crippen LogP contribution in [0.25, 0.3) is 0 Å². The largest absolute Gasteiger partial charge is 0.314 e. The highest BCUT2D eigenvalue weighted by molar-refractivity contribution is 5.25. The Morgan fingerprint density at radius 3 is 2.75 bits per heavy atom. The third kappa shape index (κ3) is 2.80. The van der Waals surface area contributed by atoms with Gasteiger partial charge in [0.15, 0.2) is 0 Å². The number of benzene rings is 1. The van der Waals surface area contributed by atoms with Crippen LogP contribution in [0.2, 0.25) is 0 Å². The van der Waals surface area contributed by atoms with Crippen molar-refractivity contribution in [3.05, 3.63) is 35.1 Å². The van der Waals surface area contributed by atoms with Crippen LogP contribution in [0.15, 0.2) is 18.2 Å². The molecule has 0 amide bonds. The second-order valence-corrected chi connectivity index (χ2v) is 4.31. The average molecular weight is 222 g/mol. The van der Waals surface area contributed by atoms with Gasteiger partial charge in [-0.2, -0.15) is 0 Å². The lowest BCUT2D eigenvalue weighted by molar-refractivity contribution is 0.233. The number of halogens is 1. The van der Waals surface area contributed by atoms with Crippen molar-refractivity contribution in [1.82, 2.24) is 10.2 Å². The molecule has 0 radical (unpaired) electrons. The molecule has 0 spiro atoms. The third-order valence-electron chi connectivity index (χ3n) is 3.11. The van der Waals surface area contributed by atoms with Crippen molar-refractivity contribution < 1.29 is 4.39 Å². The molecule has 0 atom stereocenters. The van der Waals surface area contributed by atoms with E-state index in [1.165, 1.54) is 5.56 Å². The first kappa shape index (κ1) is 11.6. The van der Waals surface area contributed by atoms with Gasteiger partial charge in [-0.25, -0.2) is 4.39 Å². The van der Waals surface area contributed by atoms with Gasteiger partial charge >= 0.3 is 0 Å². The minimum atomic E-state index is -0.0773. The number of rotatable bonds is 3. The van der Waals surface area contributed by atoms with Gasteiger partial charge in [0, 0.05) is 32.7 Å². The van der Waals surface area contributed by atoms with Crippen LogP contribution in [0.3, 0.4) is 0 Å². The fraction of sp³-hybridized carbons (Fsp3) is 0.538. The minimum absolute atomic E-state index is 0.0773. The molecule has 1 aromatic rings. The number of hydrogen-bond donors (Lipinski definition) is 1. The highest BCUT2D eigenvalue weighted by atomic mass is 19.1. The zero-order valence-electron chi connectivity index (χ0n) is 9.80. The maximum absolute atomic E-state index is 13.3. The monoisotopic (exact) mass is 222 g/mol. The maximum Gasteiger partial charge on any atom is 0.126 e. The maximum atomic E-state index is 13.3. The van der Waals surface area contributed by atoms with E-state index >= 15 is 0 Å². The van der Waals surface area contributed by atoms with E-state index < -0.39 is 0 Å². The first-order chi connectivity index (χ1) is 7.79. The average Bonchev–Trinajstić information content (AvgIpc) is 2.33. The normalized spacial score (nSPS) is 17.6. The summed E-state index contributed by atoms with van der Waals surface area (Å²) < 4.78 is 13.3. The Morgan fingerprint density at radius 2 is 2.06 bits per heavy atom. The predicted molar refractivity (Wildman–Crippen MR) is 63.9 cm³/mol. The van der Waals surface area contributed by atoms with Crippen molar-refractivity contribution in [3.63, 3.8) is 0 Å². The third-order valence-corrected chi connectivity index (χ3v) is 3.11. The minimum Gasteiger partial charge on any atom is -0.314 e. The molecule has 3 heteroatoms. The van der Waals surface area contributed by atoms with Crippen molar-refractivity contribution in [2.45, 2.75) is 19.9 Å². The lowest BCUT2D eigenvalue weighted by Crippen LogP contribution is -2.42. The van der Waals surface area contributed by atoms with E-state index in [9.17, 15) is 4.39 Å². The molecule has 1 fully saturated rings. The molecule has 1 heterocycles. The van der Waals surface area contributed by atoms with Crippen molar-refractivity contribution in [2.75, 3.05) is 26.2 Å². The molecule has 88 valence electrons. The Hall–Kier alpha value is -0.930. The van der Waals surface area contributed by atoms with E-state index in [-0.39, 0.29) is 5.82 Å². The van der Waals surface area contributed by atoms with Crippen LogP contribution in [0.5, 0.6) is 0 Å². The molecule has 1 aliphatic heterocycles. The molecule has 1 N–H and O–H groups in total. The van der Waals surface area contributed by atoms with Crippen LogP contribution < -0.4 is 5.32 Å². The van der Waals surface area contributed by atoms with Crippen LogP contribution in [0, 0.1) is 5.82 Å². The Balaban J connectivity index is 2.03.